The maximum absolute atomic E-state index is 13.2. The van der Waals surface area contributed by atoms with Crippen molar-refractivity contribution in [3.63, 3.8) is 0 Å². The number of carbonyl (C=O) groups is 3. The molecule has 4 rings (SSSR count). The molecule has 0 radical (unpaired) electrons. The first-order valence-electron chi connectivity index (χ1n) is 9.06. The van der Waals surface area contributed by atoms with Crippen molar-refractivity contribution in [2.45, 2.75) is 31.3 Å². The molecule has 2 aromatic rings. The molecule has 148 valence electrons. The van der Waals surface area contributed by atoms with E-state index in [4.69, 9.17) is 0 Å². The van der Waals surface area contributed by atoms with Crippen molar-refractivity contribution < 1.29 is 23.7 Å². The Hall–Kier alpha value is -3.62. The molecule has 1 saturated carbocycles. The van der Waals surface area contributed by atoms with Crippen molar-refractivity contribution in [3.8, 4) is 0 Å². The van der Waals surface area contributed by atoms with Gasteiger partial charge in [0.05, 0.1) is 17.0 Å². The Morgan fingerprint density at radius 2 is 1.69 bits per heavy atom. The van der Waals surface area contributed by atoms with Crippen LogP contribution < -0.4 is 4.90 Å². The number of hydrogen-bond donors (Lipinski definition) is 0. The molecule has 1 aliphatic heterocycles. The smallest absolute Gasteiger partial charge is 0.269 e. The summed E-state index contributed by atoms with van der Waals surface area (Å²) in [6, 6.07) is 9.02. The van der Waals surface area contributed by atoms with E-state index >= 15 is 0 Å². The summed E-state index contributed by atoms with van der Waals surface area (Å²) >= 11 is 0. The van der Waals surface area contributed by atoms with Gasteiger partial charge in [-0.15, -0.1) is 0 Å². The van der Waals surface area contributed by atoms with Crippen LogP contribution in [0.2, 0.25) is 0 Å². The summed E-state index contributed by atoms with van der Waals surface area (Å²) in [6.07, 6.45) is 1.27. The molecule has 1 unspecified atom stereocenters. The average molecular weight is 397 g/mol. The Kier molecular flexibility index (Phi) is 4.57. The summed E-state index contributed by atoms with van der Waals surface area (Å²) < 4.78 is 13.2. The fraction of sp³-hybridized carbons (Fsp3) is 0.250. The predicted molar refractivity (Wildman–Crippen MR) is 99.6 cm³/mol. The van der Waals surface area contributed by atoms with E-state index in [1.165, 1.54) is 41.3 Å². The molecule has 1 atom stereocenters. The number of hydrogen-bond acceptors (Lipinski definition) is 5. The van der Waals surface area contributed by atoms with Gasteiger partial charge in [-0.25, -0.2) is 9.29 Å². The number of nitrogens with zero attached hydrogens (tertiary/aromatic N) is 3. The number of anilines is 1. The van der Waals surface area contributed by atoms with Gasteiger partial charge in [-0.3, -0.25) is 24.5 Å². The van der Waals surface area contributed by atoms with Crippen LogP contribution >= 0.6 is 0 Å². The number of amides is 3. The summed E-state index contributed by atoms with van der Waals surface area (Å²) in [6.45, 7) is 0. The van der Waals surface area contributed by atoms with Crippen LogP contribution in [-0.2, 0) is 9.59 Å². The molecule has 2 aromatic carbocycles. The number of benzene rings is 2. The summed E-state index contributed by atoms with van der Waals surface area (Å²) in [7, 11) is 0. The quantitative estimate of drug-likeness (QED) is 0.439. The molecule has 1 saturated heterocycles. The lowest BCUT2D eigenvalue weighted by molar-refractivity contribution is -0.384. The third-order valence-corrected chi connectivity index (χ3v) is 5.04. The van der Waals surface area contributed by atoms with Crippen LogP contribution in [0, 0.1) is 15.9 Å². The topological polar surface area (TPSA) is 101 Å². The minimum absolute atomic E-state index is 0.144. The van der Waals surface area contributed by atoms with Gasteiger partial charge in [0.25, 0.3) is 17.5 Å². The fourth-order valence-corrected chi connectivity index (χ4v) is 3.48. The standard InChI is InChI=1S/C20H16FN3O5/c21-13-3-7-15(8-4-13)23-18(25)11-17(20(23)27)22(14-9-10-14)19(26)12-1-5-16(6-2-12)24(28)29/h1-8,14,17H,9-11H2. The molecule has 0 aromatic heterocycles. The molecule has 8 nitrogen and oxygen atoms in total. The van der Waals surface area contributed by atoms with Crippen molar-refractivity contribution in [1.82, 2.24) is 4.90 Å². The largest absolute Gasteiger partial charge is 0.323 e. The number of rotatable bonds is 5. The second kappa shape index (κ2) is 7.08. The number of carbonyl (C=O) groups excluding carboxylic acids is 3. The fourth-order valence-electron chi connectivity index (χ4n) is 3.48. The van der Waals surface area contributed by atoms with E-state index in [2.05, 4.69) is 0 Å². The number of halogens is 1. The number of imide groups is 1. The highest BCUT2D eigenvalue weighted by atomic mass is 19.1. The van der Waals surface area contributed by atoms with Gasteiger partial charge in [-0.1, -0.05) is 0 Å². The van der Waals surface area contributed by atoms with Crippen LogP contribution in [0.1, 0.15) is 29.6 Å². The van der Waals surface area contributed by atoms with Crippen LogP contribution in [0.4, 0.5) is 15.8 Å². The van der Waals surface area contributed by atoms with Crippen molar-refractivity contribution in [3.05, 3.63) is 70.0 Å². The Bertz CT molecular complexity index is 1000. The van der Waals surface area contributed by atoms with E-state index in [0.29, 0.717) is 12.8 Å². The molecule has 2 aliphatic rings. The lowest BCUT2D eigenvalue weighted by atomic mass is 10.1. The summed E-state index contributed by atoms with van der Waals surface area (Å²) in [5, 5.41) is 10.8. The average Bonchev–Trinajstić information content (AvgIpc) is 3.49. The molecule has 9 heteroatoms. The van der Waals surface area contributed by atoms with Crippen LogP contribution in [0.25, 0.3) is 0 Å². The number of non-ortho nitro benzene ring substituents is 1. The monoisotopic (exact) mass is 397 g/mol. The predicted octanol–water partition coefficient (Wildman–Crippen LogP) is 2.67. The van der Waals surface area contributed by atoms with Gasteiger partial charge in [-0.2, -0.15) is 0 Å². The molecule has 29 heavy (non-hydrogen) atoms. The van der Waals surface area contributed by atoms with Gasteiger partial charge < -0.3 is 4.90 Å². The van der Waals surface area contributed by atoms with Crippen molar-refractivity contribution in [2.24, 2.45) is 0 Å². The second-order valence-corrected chi connectivity index (χ2v) is 7.01. The van der Waals surface area contributed by atoms with Crippen molar-refractivity contribution in [1.29, 1.82) is 0 Å². The Balaban J connectivity index is 1.61. The molecule has 0 N–H and O–H groups in total. The zero-order valence-electron chi connectivity index (χ0n) is 15.2. The SMILES string of the molecule is O=C1CC(N(C(=O)c2ccc([N+](=O)[O-])cc2)C2CC2)C(=O)N1c1ccc(F)cc1. The third-order valence-electron chi connectivity index (χ3n) is 5.04. The molecule has 1 aliphatic carbocycles. The first-order chi connectivity index (χ1) is 13.9. The Labute approximate surface area is 164 Å². The van der Waals surface area contributed by atoms with Gasteiger partial charge in [0.2, 0.25) is 5.91 Å². The maximum atomic E-state index is 13.2. The first-order valence-corrected chi connectivity index (χ1v) is 9.06. The zero-order valence-corrected chi connectivity index (χ0v) is 15.2. The van der Waals surface area contributed by atoms with Crippen molar-refractivity contribution in [2.75, 3.05) is 4.90 Å². The summed E-state index contributed by atoms with van der Waals surface area (Å²) in [5.41, 5.74) is 0.319. The zero-order chi connectivity index (χ0) is 20.7. The van der Waals surface area contributed by atoms with Gasteiger partial charge in [-0.05, 0) is 49.2 Å². The lowest BCUT2D eigenvalue weighted by Gasteiger charge is -2.27. The first kappa shape index (κ1) is 18.7. The summed E-state index contributed by atoms with van der Waals surface area (Å²) in [4.78, 5) is 51.2. The van der Waals surface area contributed by atoms with Gasteiger partial charge in [0.1, 0.15) is 11.9 Å². The van der Waals surface area contributed by atoms with E-state index in [1.807, 2.05) is 0 Å². The van der Waals surface area contributed by atoms with Crippen LogP contribution in [-0.4, -0.2) is 39.6 Å². The minimum atomic E-state index is -0.956. The number of nitro benzene ring substituents is 1. The molecule has 1 heterocycles. The third kappa shape index (κ3) is 3.46. The summed E-state index contributed by atoms with van der Waals surface area (Å²) in [5.74, 6) is -1.94. The molecule has 3 amide bonds. The highest BCUT2D eigenvalue weighted by Crippen LogP contribution is 2.35. The lowest BCUT2D eigenvalue weighted by Crippen LogP contribution is -2.46. The van der Waals surface area contributed by atoms with E-state index in [0.717, 1.165) is 17.0 Å². The Morgan fingerprint density at radius 1 is 1.07 bits per heavy atom. The minimum Gasteiger partial charge on any atom is -0.323 e. The van der Waals surface area contributed by atoms with Gasteiger partial charge >= 0.3 is 0 Å². The maximum Gasteiger partial charge on any atom is 0.269 e. The molecular formula is C20H16FN3O5. The van der Waals surface area contributed by atoms with Crippen LogP contribution in [0.3, 0.4) is 0 Å². The molecule has 0 bridgehead atoms. The van der Waals surface area contributed by atoms with Crippen LogP contribution in [0.5, 0.6) is 0 Å². The second-order valence-electron chi connectivity index (χ2n) is 7.01. The molecule has 2 fully saturated rings. The van der Waals surface area contributed by atoms with Crippen molar-refractivity contribution >= 4 is 29.1 Å². The normalized spacial score (nSPS) is 18.8. The highest BCUT2D eigenvalue weighted by molar-refractivity contribution is 6.23. The molecular weight excluding hydrogens is 381 g/mol. The van der Waals surface area contributed by atoms with Crippen LogP contribution in [0.15, 0.2) is 48.5 Å². The Morgan fingerprint density at radius 3 is 2.24 bits per heavy atom. The van der Waals surface area contributed by atoms with E-state index < -0.39 is 34.5 Å². The van der Waals surface area contributed by atoms with E-state index in [-0.39, 0.29) is 29.4 Å². The van der Waals surface area contributed by atoms with Gasteiger partial charge in [0, 0.05) is 23.7 Å². The number of nitro groups is 1. The highest BCUT2D eigenvalue weighted by Gasteiger charge is 2.48. The van der Waals surface area contributed by atoms with Gasteiger partial charge in [0.15, 0.2) is 0 Å². The van der Waals surface area contributed by atoms with E-state index in [9.17, 15) is 28.9 Å². The molecule has 0 spiro atoms. The van der Waals surface area contributed by atoms with E-state index in [1.54, 1.807) is 0 Å².